The van der Waals surface area contributed by atoms with Crippen LogP contribution in [0.2, 0.25) is 0 Å². The lowest BCUT2D eigenvalue weighted by Gasteiger charge is -2.07. The molecule has 1 heterocycles. The molecular formula is C9H17NO. The van der Waals surface area contributed by atoms with Gasteiger partial charge in [-0.1, -0.05) is 26.2 Å². The lowest BCUT2D eigenvalue weighted by atomic mass is 10.1. The van der Waals surface area contributed by atoms with Crippen molar-refractivity contribution in [2.75, 3.05) is 0 Å². The van der Waals surface area contributed by atoms with Gasteiger partial charge in [0.2, 0.25) is 5.91 Å². The SMILES string of the molecule is CCCCC[C@H]1CCC(=O)N1. The molecule has 0 bridgehead atoms. The zero-order valence-corrected chi connectivity index (χ0v) is 7.23. The van der Waals surface area contributed by atoms with Crippen LogP contribution in [0.25, 0.3) is 0 Å². The Hall–Kier alpha value is -0.530. The van der Waals surface area contributed by atoms with E-state index in [2.05, 4.69) is 12.2 Å². The van der Waals surface area contributed by atoms with Gasteiger partial charge >= 0.3 is 0 Å². The molecule has 1 N–H and O–H groups in total. The van der Waals surface area contributed by atoms with Crippen molar-refractivity contribution in [3.05, 3.63) is 0 Å². The number of hydrogen-bond donors (Lipinski definition) is 1. The molecule has 1 rings (SSSR count). The number of rotatable bonds is 4. The molecule has 0 saturated carbocycles. The molecule has 1 saturated heterocycles. The van der Waals surface area contributed by atoms with Gasteiger partial charge in [0.1, 0.15) is 0 Å². The number of nitrogens with one attached hydrogen (secondary N) is 1. The second-order valence-corrected chi connectivity index (χ2v) is 3.30. The van der Waals surface area contributed by atoms with E-state index >= 15 is 0 Å². The maximum atomic E-state index is 10.8. The van der Waals surface area contributed by atoms with E-state index in [0.717, 1.165) is 12.8 Å². The molecule has 0 spiro atoms. The van der Waals surface area contributed by atoms with E-state index in [4.69, 9.17) is 0 Å². The fourth-order valence-corrected chi connectivity index (χ4v) is 1.53. The van der Waals surface area contributed by atoms with Crippen molar-refractivity contribution < 1.29 is 4.79 Å². The fourth-order valence-electron chi connectivity index (χ4n) is 1.53. The molecule has 1 atom stereocenters. The lowest BCUT2D eigenvalue weighted by Crippen LogP contribution is -2.24. The van der Waals surface area contributed by atoms with Gasteiger partial charge in [-0.3, -0.25) is 4.79 Å². The third-order valence-corrected chi connectivity index (χ3v) is 2.24. The quantitative estimate of drug-likeness (QED) is 0.617. The minimum atomic E-state index is 0.242. The second-order valence-electron chi connectivity index (χ2n) is 3.30. The van der Waals surface area contributed by atoms with Crippen LogP contribution < -0.4 is 5.32 Å². The van der Waals surface area contributed by atoms with E-state index in [1.807, 2.05) is 0 Å². The molecule has 0 aliphatic carbocycles. The highest BCUT2D eigenvalue weighted by Gasteiger charge is 2.19. The van der Waals surface area contributed by atoms with Crippen molar-refractivity contribution in [2.24, 2.45) is 0 Å². The molecular weight excluding hydrogens is 138 g/mol. The average Bonchev–Trinajstić information content (AvgIpc) is 2.37. The Morgan fingerprint density at radius 1 is 1.55 bits per heavy atom. The first-order chi connectivity index (χ1) is 5.33. The highest BCUT2D eigenvalue weighted by molar-refractivity contribution is 5.78. The summed E-state index contributed by atoms with van der Waals surface area (Å²) in [6.45, 7) is 2.20. The summed E-state index contributed by atoms with van der Waals surface area (Å²) < 4.78 is 0. The van der Waals surface area contributed by atoms with E-state index in [0.29, 0.717) is 6.04 Å². The monoisotopic (exact) mass is 155 g/mol. The average molecular weight is 155 g/mol. The van der Waals surface area contributed by atoms with Crippen LogP contribution >= 0.6 is 0 Å². The molecule has 0 aromatic heterocycles. The molecule has 11 heavy (non-hydrogen) atoms. The molecule has 1 fully saturated rings. The van der Waals surface area contributed by atoms with Gasteiger partial charge in [-0.15, -0.1) is 0 Å². The second kappa shape index (κ2) is 4.37. The van der Waals surface area contributed by atoms with Crippen LogP contribution in [0.3, 0.4) is 0 Å². The van der Waals surface area contributed by atoms with Crippen molar-refractivity contribution in [3.63, 3.8) is 0 Å². The molecule has 1 amide bonds. The molecule has 64 valence electrons. The van der Waals surface area contributed by atoms with Crippen LogP contribution in [0.5, 0.6) is 0 Å². The van der Waals surface area contributed by atoms with Crippen molar-refractivity contribution in [1.29, 1.82) is 0 Å². The van der Waals surface area contributed by atoms with E-state index < -0.39 is 0 Å². The van der Waals surface area contributed by atoms with Crippen molar-refractivity contribution in [2.45, 2.75) is 51.5 Å². The summed E-state index contributed by atoms with van der Waals surface area (Å²) in [6.07, 6.45) is 6.81. The van der Waals surface area contributed by atoms with Gasteiger partial charge in [0.15, 0.2) is 0 Å². The van der Waals surface area contributed by atoms with Crippen LogP contribution in [-0.2, 0) is 4.79 Å². The topological polar surface area (TPSA) is 29.1 Å². The summed E-state index contributed by atoms with van der Waals surface area (Å²) in [5, 5.41) is 2.97. The van der Waals surface area contributed by atoms with E-state index in [9.17, 15) is 4.79 Å². The Morgan fingerprint density at radius 3 is 2.91 bits per heavy atom. The van der Waals surface area contributed by atoms with Gasteiger partial charge in [-0.05, 0) is 12.8 Å². The first-order valence-electron chi connectivity index (χ1n) is 4.62. The third-order valence-electron chi connectivity index (χ3n) is 2.24. The van der Waals surface area contributed by atoms with Gasteiger partial charge < -0.3 is 5.32 Å². The number of hydrogen-bond acceptors (Lipinski definition) is 1. The highest BCUT2D eigenvalue weighted by atomic mass is 16.1. The molecule has 0 aromatic carbocycles. The van der Waals surface area contributed by atoms with Crippen LogP contribution in [0.1, 0.15) is 45.4 Å². The Kier molecular flexibility index (Phi) is 3.40. The fraction of sp³-hybridized carbons (Fsp3) is 0.889. The van der Waals surface area contributed by atoms with Crippen LogP contribution in [-0.4, -0.2) is 11.9 Å². The van der Waals surface area contributed by atoms with Crippen LogP contribution in [0.4, 0.5) is 0 Å². The zero-order chi connectivity index (χ0) is 8.10. The molecule has 2 nitrogen and oxygen atoms in total. The first kappa shape index (κ1) is 8.57. The molecule has 1 aliphatic heterocycles. The Labute approximate surface area is 68.4 Å². The van der Waals surface area contributed by atoms with Crippen molar-refractivity contribution in [1.82, 2.24) is 5.32 Å². The van der Waals surface area contributed by atoms with Crippen molar-refractivity contribution >= 4 is 5.91 Å². The standard InChI is InChI=1S/C9H17NO/c1-2-3-4-5-8-6-7-9(11)10-8/h8H,2-7H2,1H3,(H,10,11)/t8-/m0/s1. The molecule has 2 heteroatoms. The largest absolute Gasteiger partial charge is 0.353 e. The molecule has 0 radical (unpaired) electrons. The summed E-state index contributed by atoms with van der Waals surface area (Å²) in [5.74, 6) is 0.242. The Balaban J connectivity index is 2.04. The number of carbonyl (C=O) groups excluding carboxylic acids is 1. The predicted octanol–water partition coefficient (Wildman–Crippen LogP) is 1.85. The van der Waals surface area contributed by atoms with Crippen LogP contribution in [0.15, 0.2) is 0 Å². The molecule has 1 aliphatic rings. The van der Waals surface area contributed by atoms with E-state index in [-0.39, 0.29) is 5.91 Å². The van der Waals surface area contributed by atoms with Gasteiger partial charge in [0.05, 0.1) is 0 Å². The number of amides is 1. The summed E-state index contributed by atoms with van der Waals surface area (Å²) >= 11 is 0. The highest BCUT2D eigenvalue weighted by Crippen LogP contribution is 2.13. The first-order valence-corrected chi connectivity index (χ1v) is 4.62. The van der Waals surface area contributed by atoms with Crippen LogP contribution in [0, 0.1) is 0 Å². The van der Waals surface area contributed by atoms with Crippen molar-refractivity contribution in [3.8, 4) is 0 Å². The maximum absolute atomic E-state index is 10.8. The van der Waals surface area contributed by atoms with E-state index in [1.165, 1.54) is 25.7 Å². The smallest absolute Gasteiger partial charge is 0.220 e. The maximum Gasteiger partial charge on any atom is 0.220 e. The molecule has 0 unspecified atom stereocenters. The Morgan fingerprint density at radius 2 is 2.36 bits per heavy atom. The summed E-state index contributed by atoms with van der Waals surface area (Å²) in [7, 11) is 0. The number of unbranched alkanes of at least 4 members (excludes halogenated alkanes) is 2. The normalized spacial score (nSPS) is 23.7. The van der Waals surface area contributed by atoms with Gasteiger partial charge in [0.25, 0.3) is 0 Å². The number of carbonyl (C=O) groups is 1. The predicted molar refractivity (Wildman–Crippen MR) is 45.3 cm³/mol. The van der Waals surface area contributed by atoms with Gasteiger partial charge in [-0.25, -0.2) is 0 Å². The molecule has 0 aromatic rings. The minimum Gasteiger partial charge on any atom is -0.353 e. The summed E-state index contributed by atoms with van der Waals surface area (Å²) in [5.41, 5.74) is 0. The Bertz CT molecular complexity index is 134. The van der Waals surface area contributed by atoms with Gasteiger partial charge in [-0.2, -0.15) is 0 Å². The van der Waals surface area contributed by atoms with Gasteiger partial charge in [0, 0.05) is 12.5 Å². The third kappa shape index (κ3) is 2.91. The zero-order valence-electron chi connectivity index (χ0n) is 7.23. The summed E-state index contributed by atoms with van der Waals surface area (Å²) in [6, 6.07) is 0.494. The summed E-state index contributed by atoms with van der Waals surface area (Å²) in [4.78, 5) is 10.8. The minimum absolute atomic E-state index is 0.242. The lowest BCUT2D eigenvalue weighted by molar-refractivity contribution is -0.119. The van der Waals surface area contributed by atoms with E-state index in [1.54, 1.807) is 0 Å².